The van der Waals surface area contributed by atoms with E-state index in [4.69, 9.17) is 4.42 Å². The van der Waals surface area contributed by atoms with Crippen molar-refractivity contribution in [2.75, 3.05) is 0 Å². The number of furan rings is 1. The van der Waals surface area contributed by atoms with Crippen molar-refractivity contribution in [3.63, 3.8) is 0 Å². The van der Waals surface area contributed by atoms with Gasteiger partial charge in [0.15, 0.2) is 4.67 Å². The summed E-state index contributed by atoms with van der Waals surface area (Å²) in [7, 11) is 0. The summed E-state index contributed by atoms with van der Waals surface area (Å²) in [4.78, 5) is 1.34. The fourth-order valence-corrected chi connectivity index (χ4v) is 2.70. The predicted molar refractivity (Wildman–Crippen MR) is 70.7 cm³/mol. The number of hydrogen-bond acceptors (Lipinski definition) is 3. The molecule has 2 rings (SSSR count). The molecular weight excluding hydrogens is 286 g/mol. The SMILES string of the molecule is CC(NC(C)c1cccs1)c1ccc(Br)o1. The molecule has 0 bridgehead atoms. The molecule has 0 aliphatic heterocycles. The van der Waals surface area contributed by atoms with E-state index >= 15 is 0 Å². The highest BCUT2D eigenvalue weighted by atomic mass is 79.9. The number of halogens is 1. The van der Waals surface area contributed by atoms with Crippen LogP contribution >= 0.6 is 27.3 Å². The van der Waals surface area contributed by atoms with E-state index in [1.165, 1.54) is 4.88 Å². The average Bonchev–Trinajstić information content (AvgIpc) is 2.87. The number of thiophene rings is 1. The first-order valence-corrected chi connectivity index (χ1v) is 6.89. The number of hydrogen-bond donors (Lipinski definition) is 1. The highest BCUT2D eigenvalue weighted by molar-refractivity contribution is 9.10. The Morgan fingerprint density at radius 3 is 2.62 bits per heavy atom. The first-order chi connectivity index (χ1) is 7.66. The zero-order chi connectivity index (χ0) is 11.5. The molecule has 16 heavy (non-hydrogen) atoms. The lowest BCUT2D eigenvalue weighted by atomic mass is 10.2. The number of rotatable bonds is 4. The Morgan fingerprint density at radius 1 is 1.25 bits per heavy atom. The van der Waals surface area contributed by atoms with Gasteiger partial charge < -0.3 is 9.73 Å². The molecule has 2 aromatic heterocycles. The molecule has 0 spiro atoms. The van der Waals surface area contributed by atoms with Gasteiger partial charge in [0.2, 0.25) is 0 Å². The second kappa shape index (κ2) is 5.17. The molecule has 2 unspecified atom stereocenters. The molecular formula is C12H14BrNOS. The third-order valence-electron chi connectivity index (χ3n) is 2.49. The molecule has 0 aliphatic carbocycles. The largest absolute Gasteiger partial charge is 0.453 e. The van der Waals surface area contributed by atoms with Crippen molar-refractivity contribution in [3.8, 4) is 0 Å². The molecule has 0 amide bonds. The van der Waals surface area contributed by atoms with Crippen LogP contribution in [-0.4, -0.2) is 0 Å². The molecule has 4 heteroatoms. The molecule has 0 radical (unpaired) electrons. The smallest absolute Gasteiger partial charge is 0.169 e. The van der Waals surface area contributed by atoms with E-state index < -0.39 is 0 Å². The van der Waals surface area contributed by atoms with Crippen LogP contribution < -0.4 is 5.32 Å². The van der Waals surface area contributed by atoms with Crippen LogP contribution in [0.3, 0.4) is 0 Å². The fraction of sp³-hybridized carbons (Fsp3) is 0.333. The summed E-state index contributed by atoms with van der Waals surface area (Å²) in [5.41, 5.74) is 0. The Hall–Kier alpha value is -0.580. The van der Waals surface area contributed by atoms with Crippen molar-refractivity contribution in [3.05, 3.63) is 45.0 Å². The summed E-state index contributed by atoms with van der Waals surface area (Å²) in [6.07, 6.45) is 0. The lowest BCUT2D eigenvalue weighted by molar-refractivity contribution is 0.395. The zero-order valence-corrected chi connectivity index (χ0v) is 11.6. The molecule has 86 valence electrons. The third kappa shape index (κ3) is 2.75. The van der Waals surface area contributed by atoms with Gasteiger partial charge in [0.25, 0.3) is 0 Å². The normalized spacial score (nSPS) is 14.9. The van der Waals surface area contributed by atoms with Gasteiger partial charge in [-0.1, -0.05) is 6.07 Å². The van der Waals surface area contributed by atoms with E-state index in [1.807, 2.05) is 12.1 Å². The van der Waals surface area contributed by atoms with Gasteiger partial charge in [-0.25, -0.2) is 0 Å². The Morgan fingerprint density at radius 2 is 2.06 bits per heavy atom. The van der Waals surface area contributed by atoms with Gasteiger partial charge in [0.1, 0.15) is 5.76 Å². The fourth-order valence-electron chi connectivity index (χ4n) is 1.64. The summed E-state index contributed by atoms with van der Waals surface area (Å²) in [6, 6.07) is 8.69. The van der Waals surface area contributed by atoms with Crippen LogP contribution in [-0.2, 0) is 0 Å². The van der Waals surface area contributed by atoms with Gasteiger partial charge >= 0.3 is 0 Å². The Kier molecular flexibility index (Phi) is 3.84. The summed E-state index contributed by atoms with van der Waals surface area (Å²) < 4.78 is 6.30. The second-order valence-corrected chi connectivity index (χ2v) is 5.53. The van der Waals surface area contributed by atoms with Crippen LogP contribution in [0, 0.1) is 0 Å². The van der Waals surface area contributed by atoms with E-state index in [0.29, 0.717) is 6.04 Å². The van der Waals surface area contributed by atoms with E-state index in [1.54, 1.807) is 11.3 Å². The molecule has 0 saturated carbocycles. The minimum atomic E-state index is 0.211. The second-order valence-electron chi connectivity index (χ2n) is 3.77. The van der Waals surface area contributed by atoms with Gasteiger partial charge in [0, 0.05) is 10.9 Å². The standard InChI is InChI=1S/C12H14BrNOS/c1-8(10-5-6-12(13)15-10)14-9(2)11-4-3-7-16-11/h3-9,14H,1-2H3. The van der Waals surface area contributed by atoms with Crippen molar-refractivity contribution in [1.82, 2.24) is 5.32 Å². The molecule has 0 aromatic carbocycles. The maximum Gasteiger partial charge on any atom is 0.169 e. The van der Waals surface area contributed by atoms with Crippen LogP contribution in [0.25, 0.3) is 0 Å². The Balaban J connectivity index is 2.00. The summed E-state index contributed by atoms with van der Waals surface area (Å²) in [5, 5.41) is 5.61. The lowest BCUT2D eigenvalue weighted by Gasteiger charge is -2.17. The first-order valence-electron chi connectivity index (χ1n) is 5.21. The average molecular weight is 300 g/mol. The van der Waals surface area contributed by atoms with E-state index in [2.05, 4.69) is 52.6 Å². The van der Waals surface area contributed by atoms with Gasteiger partial charge in [0.05, 0.1) is 6.04 Å². The summed E-state index contributed by atoms with van der Waals surface area (Å²) in [5.74, 6) is 0.954. The molecule has 2 nitrogen and oxygen atoms in total. The Labute approximate surface area is 108 Å². The molecule has 0 aliphatic rings. The van der Waals surface area contributed by atoms with Crippen molar-refractivity contribution in [1.29, 1.82) is 0 Å². The molecule has 0 fully saturated rings. The number of nitrogens with one attached hydrogen (secondary N) is 1. The van der Waals surface area contributed by atoms with Crippen LogP contribution in [0.2, 0.25) is 0 Å². The molecule has 1 N–H and O–H groups in total. The quantitative estimate of drug-likeness (QED) is 0.898. The predicted octanol–water partition coefficient (Wildman–Crippen LogP) is 4.52. The van der Waals surface area contributed by atoms with E-state index in [-0.39, 0.29) is 6.04 Å². The Bertz CT molecular complexity index is 438. The highest BCUT2D eigenvalue weighted by Gasteiger charge is 2.14. The maximum absolute atomic E-state index is 5.52. The summed E-state index contributed by atoms with van der Waals surface area (Å²) in [6.45, 7) is 4.27. The van der Waals surface area contributed by atoms with Crippen LogP contribution in [0.15, 0.2) is 38.7 Å². The maximum atomic E-state index is 5.52. The first kappa shape index (κ1) is 11.9. The van der Waals surface area contributed by atoms with Crippen molar-refractivity contribution in [2.24, 2.45) is 0 Å². The zero-order valence-electron chi connectivity index (χ0n) is 9.24. The van der Waals surface area contributed by atoms with Gasteiger partial charge in [-0.15, -0.1) is 11.3 Å². The highest BCUT2D eigenvalue weighted by Crippen LogP contribution is 2.24. The molecule has 2 heterocycles. The van der Waals surface area contributed by atoms with Crippen LogP contribution in [0.5, 0.6) is 0 Å². The third-order valence-corrected chi connectivity index (χ3v) is 3.97. The lowest BCUT2D eigenvalue weighted by Crippen LogP contribution is -2.21. The molecule has 2 atom stereocenters. The minimum absolute atomic E-state index is 0.211. The van der Waals surface area contributed by atoms with Crippen molar-refractivity contribution >= 4 is 27.3 Å². The summed E-state index contributed by atoms with van der Waals surface area (Å²) >= 11 is 5.08. The van der Waals surface area contributed by atoms with Crippen molar-refractivity contribution in [2.45, 2.75) is 25.9 Å². The molecule has 0 saturated heterocycles. The topological polar surface area (TPSA) is 25.2 Å². The van der Waals surface area contributed by atoms with Gasteiger partial charge in [-0.05, 0) is 53.4 Å². The minimum Gasteiger partial charge on any atom is -0.453 e. The van der Waals surface area contributed by atoms with E-state index in [0.717, 1.165) is 10.4 Å². The monoisotopic (exact) mass is 299 g/mol. The van der Waals surface area contributed by atoms with E-state index in [9.17, 15) is 0 Å². The van der Waals surface area contributed by atoms with Crippen molar-refractivity contribution < 1.29 is 4.42 Å². The van der Waals surface area contributed by atoms with Crippen LogP contribution in [0.1, 0.15) is 36.6 Å². The van der Waals surface area contributed by atoms with Crippen LogP contribution in [0.4, 0.5) is 0 Å². The van der Waals surface area contributed by atoms with Gasteiger partial charge in [-0.3, -0.25) is 0 Å². The van der Waals surface area contributed by atoms with Gasteiger partial charge in [-0.2, -0.15) is 0 Å². The molecule has 2 aromatic rings.